The monoisotopic (exact) mass is 310 g/mol. The molecule has 3 rings (SSSR count). The molecule has 3 heterocycles. The predicted octanol–water partition coefficient (Wildman–Crippen LogP) is 0.718. The predicted molar refractivity (Wildman–Crippen MR) is 84.9 cm³/mol. The largest absolute Gasteiger partial charge is 0.394 e. The molecule has 2 unspecified atom stereocenters. The SMILES string of the molecule is OCC1CCCN1c1cc(NCC2(O)CCSC2)ncn1. The van der Waals surface area contributed by atoms with Gasteiger partial charge in [0.1, 0.15) is 18.0 Å². The highest BCUT2D eigenvalue weighted by Crippen LogP contribution is 2.28. The molecule has 0 aliphatic carbocycles. The van der Waals surface area contributed by atoms with Crippen LogP contribution in [0.3, 0.4) is 0 Å². The van der Waals surface area contributed by atoms with Gasteiger partial charge in [-0.3, -0.25) is 0 Å². The Morgan fingerprint density at radius 1 is 1.48 bits per heavy atom. The maximum Gasteiger partial charge on any atom is 0.134 e. The highest BCUT2D eigenvalue weighted by atomic mass is 32.2. The van der Waals surface area contributed by atoms with Crippen molar-refractivity contribution in [3.8, 4) is 0 Å². The molecule has 6 nitrogen and oxygen atoms in total. The summed E-state index contributed by atoms with van der Waals surface area (Å²) in [5.74, 6) is 3.36. The van der Waals surface area contributed by atoms with Crippen molar-refractivity contribution in [1.82, 2.24) is 9.97 Å². The van der Waals surface area contributed by atoms with Gasteiger partial charge in [0.25, 0.3) is 0 Å². The summed E-state index contributed by atoms with van der Waals surface area (Å²) >= 11 is 1.78. The summed E-state index contributed by atoms with van der Waals surface area (Å²) in [4.78, 5) is 10.7. The van der Waals surface area contributed by atoms with E-state index in [-0.39, 0.29) is 12.6 Å². The van der Waals surface area contributed by atoms with E-state index >= 15 is 0 Å². The van der Waals surface area contributed by atoms with Crippen LogP contribution in [0.1, 0.15) is 19.3 Å². The van der Waals surface area contributed by atoms with Crippen LogP contribution in [0.2, 0.25) is 0 Å². The summed E-state index contributed by atoms with van der Waals surface area (Å²) in [5.41, 5.74) is -0.628. The second-order valence-corrected chi connectivity index (χ2v) is 6.92. The van der Waals surface area contributed by atoms with Gasteiger partial charge in [0.05, 0.1) is 18.2 Å². The van der Waals surface area contributed by atoms with Crippen LogP contribution < -0.4 is 10.2 Å². The molecule has 3 N–H and O–H groups in total. The number of hydrogen-bond acceptors (Lipinski definition) is 7. The van der Waals surface area contributed by atoms with Gasteiger partial charge in [-0.15, -0.1) is 0 Å². The second-order valence-electron chi connectivity index (χ2n) is 5.81. The summed E-state index contributed by atoms with van der Waals surface area (Å²) in [6.07, 6.45) is 4.44. The van der Waals surface area contributed by atoms with Crippen LogP contribution in [0, 0.1) is 0 Å². The summed E-state index contributed by atoms with van der Waals surface area (Å²) in [7, 11) is 0. The molecule has 7 heteroatoms. The fraction of sp³-hybridized carbons (Fsp3) is 0.714. The minimum Gasteiger partial charge on any atom is -0.394 e. The van der Waals surface area contributed by atoms with Crippen molar-refractivity contribution < 1.29 is 10.2 Å². The molecule has 2 aliphatic heterocycles. The highest BCUT2D eigenvalue weighted by molar-refractivity contribution is 7.99. The van der Waals surface area contributed by atoms with Crippen LogP contribution in [-0.4, -0.2) is 63.0 Å². The van der Waals surface area contributed by atoms with E-state index in [1.807, 2.05) is 6.07 Å². The zero-order valence-electron chi connectivity index (χ0n) is 12.0. The number of rotatable bonds is 5. The normalized spacial score (nSPS) is 29.0. The fourth-order valence-electron chi connectivity index (χ4n) is 2.92. The zero-order chi connectivity index (χ0) is 14.7. The molecule has 2 saturated heterocycles. The van der Waals surface area contributed by atoms with Gasteiger partial charge in [-0.05, 0) is 25.0 Å². The molecule has 1 aromatic heterocycles. The van der Waals surface area contributed by atoms with Crippen molar-refractivity contribution in [3.05, 3.63) is 12.4 Å². The molecule has 0 bridgehead atoms. The molecule has 116 valence electrons. The van der Waals surface area contributed by atoms with E-state index in [4.69, 9.17) is 0 Å². The molecule has 1 aromatic rings. The minimum absolute atomic E-state index is 0.156. The number of nitrogens with one attached hydrogen (secondary N) is 1. The van der Waals surface area contributed by atoms with Gasteiger partial charge in [0.15, 0.2) is 0 Å². The average Bonchev–Trinajstić information content (AvgIpc) is 3.14. The molecule has 0 amide bonds. The third-order valence-corrected chi connectivity index (χ3v) is 5.45. The summed E-state index contributed by atoms with van der Waals surface area (Å²) in [6, 6.07) is 2.06. The summed E-state index contributed by atoms with van der Waals surface area (Å²) < 4.78 is 0. The van der Waals surface area contributed by atoms with Gasteiger partial charge in [-0.1, -0.05) is 0 Å². The third-order valence-electron chi connectivity index (χ3n) is 4.22. The fourth-order valence-corrected chi connectivity index (χ4v) is 4.21. The van der Waals surface area contributed by atoms with Crippen LogP contribution in [0.15, 0.2) is 12.4 Å². The van der Waals surface area contributed by atoms with Crippen molar-refractivity contribution in [2.45, 2.75) is 30.9 Å². The highest BCUT2D eigenvalue weighted by Gasteiger charge is 2.31. The molecule has 0 spiro atoms. The van der Waals surface area contributed by atoms with Crippen LogP contribution in [0.5, 0.6) is 0 Å². The number of thioether (sulfide) groups is 1. The standard InChI is InChI=1S/C14H22N4O2S/c19-7-11-2-1-4-18(11)13-6-12(16-10-17-13)15-8-14(20)3-5-21-9-14/h6,10-11,19-20H,1-5,7-9H2,(H,15,16,17). The van der Waals surface area contributed by atoms with Crippen LogP contribution in [0.25, 0.3) is 0 Å². The number of aromatic nitrogens is 2. The van der Waals surface area contributed by atoms with E-state index in [1.165, 1.54) is 6.33 Å². The van der Waals surface area contributed by atoms with Crippen molar-refractivity contribution >= 4 is 23.4 Å². The number of anilines is 2. The first-order valence-electron chi connectivity index (χ1n) is 7.44. The molecule has 0 saturated carbocycles. The second kappa shape index (κ2) is 6.37. The molecular formula is C14H22N4O2S. The number of hydrogen-bond donors (Lipinski definition) is 3. The van der Waals surface area contributed by atoms with Gasteiger partial charge >= 0.3 is 0 Å². The number of nitrogens with zero attached hydrogens (tertiary/aromatic N) is 3. The van der Waals surface area contributed by atoms with E-state index in [2.05, 4.69) is 20.2 Å². The van der Waals surface area contributed by atoms with Gasteiger partial charge in [-0.2, -0.15) is 11.8 Å². The smallest absolute Gasteiger partial charge is 0.134 e. The van der Waals surface area contributed by atoms with E-state index in [0.717, 1.165) is 48.9 Å². The summed E-state index contributed by atoms with van der Waals surface area (Å²) in [6.45, 7) is 1.59. The Hall–Kier alpha value is -1.05. The minimum atomic E-state index is -0.628. The Labute approximate surface area is 129 Å². The number of aliphatic hydroxyl groups is 2. The lowest BCUT2D eigenvalue weighted by Gasteiger charge is -2.25. The van der Waals surface area contributed by atoms with E-state index in [0.29, 0.717) is 6.54 Å². The third kappa shape index (κ3) is 3.41. The lowest BCUT2D eigenvalue weighted by molar-refractivity contribution is 0.0819. The van der Waals surface area contributed by atoms with Crippen LogP contribution >= 0.6 is 11.8 Å². The van der Waals surface area contributed by atoms with Gasteiger partial charge in [0.2, 0.25) is 0 Å². The number of aliphatic hydroxyl groups excluding tert-OH is 1. The van der Waals surface area contributed by atoms with Crippen molar-refractivity contribution in [3.63, 3.8) is 0 Å². The average molecular weight is 310 g/mol. The lowest BCUT2D eigenvalue weighted by atomic mass is 10.0. The van der Waals surface area contributed by atoms with Crippen LogP contribution in [-0.2, 0) is 0 Å². The topological polar surface area (TPSA) is 81.5 Å². The van der Waals surface area contributed by atoms with Crippen molar-refractivity contribution in [2.24, 2.45) is 0 Å². The van der Waals surface area contributed by atoms with Gasteiger partial charge in [-0.25, -0.2) is 9.97 Å². The van der Waals surface area contributed by atoms with Crippen molar-refractivity contribution in [1.29, 1.82) is 0 Å². The molecule has 0 aromatic carbocycles. The van der Waals surface area contributed by atoms with Crippen molar-refractivity contribution in [2.75, 3.05) is 41.4 Å². The van der Waals surface area contributed by atoms with Gasteiger partial charge in [0, 0.05) is 24.9 Å². The first kappa shape index (κ1) is 14.9. The molecule has 21 heavy (non-hydrogen) atoms. The first-order valence-corrected chi connectivity index (χ1v) is 8.59. The zero-order valence-corrected chi connectivity index (χ0v) is 12.8. The summed E-state index contributed by atoms with van der Waals surface area (Å²) in [5, 5.41) is 23.0. The van der Waals surface area contributed by atoms with E-state index in [9.17, 15) is 10.2 Å². The lowest BCUT2D eigenvalue weighted by Crippen LogP contribution is -2.37. The quantitative estimate of drug-likeness (QED) is 0.739. The Morgan fingerprint density at radius 2 is 2.38 bits per heavy atom. The Kier molecular flexibility index (Phi) is 4.51. The maximum atomic E-state index is 10.3. The first-order chi connectivity index (χ1) is 10.2. The Balaban J connectivity index is 1.65. The van der Waals surface area contributed by atoms with E-state index < -0.39 is 5.60 Å². The molecule has 0 radical (unpaired) electrons. The molecular weight excluding hydrogens is 288 g/mol. The van der Waals surface area contributed by atoms with Crippen LogP contribution in [0.4, 0.5) is 11.6 Å². The maximum absolute atomic E-state index is 10.3. The van der Waals surface area contributed by atoms with E-state index in [1.54, 1.807) is 11.8 Å². The molecule has 2 aliphatic rings. The van der Waals surface area contributed by atoms with Gasteiger partial charge < -0.3 is 20.4 Å². The Morgan fingerprint density at radius 3 is 3.14 bits per heavy atom. The molecule has 2 fully saturated rings. The Bertz CT molecular complexity index is 482. The molecule has 2 atom stereocenters.